The molecule has 66 valence electrons. The Morgan fingerprint density at radius 3 is 2.50 bits per heavy atom. The highest BCUT2D eigenvalue weighted by molar-refractivity contribution is 7.80. The molecule has 0 saturated carbocycles. The zero-order valence-electron chi connectivity index (χ0n) is 7.03. The quantitative estimate of drug-likeness (QED) is 0.552. The lowest BCUT2D eigenvalue weighted by molar-refractivity contribution is 0.104. The van der Waals surface area contributed by atoms with Gasteiger partial charge in [-0.2, -0.15) is 0 Å². The number of hydrogen-bond donors (Lipinski definition) is 2. The summed E-state index contributed by atoms with van der Waals surface area (Å²) in [5.41, 5.74) is 7.18. The minimum atomic E-state index is -0.494. The molecule has 1 aromatic rings. The van der Waals surface area contributed by atoms with Gasteiger partial charge in [-0.05, 0) is 12.5 Å². The predicted octanol–water partition coefficient (Wildman–Crippen LogP) is 1.68. The van der Waals surface area contributed by atoms with Gasteiger partial charge in [0.25, 0.3) is 0 Å². The molecule has 2 nitrogen and oxygen atoms in total. The largest absolute Gasteiger partial charge is 0.350 e. The minimum Gasteiger partial charge on any atom is -0.350 e. The molecule has 0 unspecified atom stereocenters. The summed E-state index contributed by atoms with van der Waals surface area (Å²) < 4.78 is 5.11. The molecule has 0 saturated heterocycles. The number of rotatable bonds is 3. The molecule has 0 amide bonds. The second kappa shape index (κ2) is 4.50. The molecule has 1 atom stereocenters. The van der Waals surface area contributed by atoms with Crippen molar-refractivity contribution in [2.45, 2.75) is 19.1 Å². The lowest BCUT2D eigenvalue weighted by Crippen LogP contribution is -2.15. The van der Waals surface area contributed by atoms with Crippen LogP contribution in [0.5, 0.6) is 0 Å². The monoisotopic (exact) mass is 183 g/mol. The summed E-state index contributed by atoms with van der Waals surface area (Å²) in [6.45, 7) is 2.57. The Morgan fingerprint density at radius 2 is 2.00 bits per heavy atom. The molecule has 2 N–H and O–H groups in total. The van der Waals surface area contributed by atoms with Crippen molar-refractivity contribution in [2.24, 2.45) is 5.73 Å². The Labute approximate surface area is 78.1 Å². The molecule has 0 aliphatic rings. The van der Waals surface area contributed by atoms with E-state index in [1.54, 1.807) is 0 Å². The average Bonchev–Trinajstić information content (AvgIpc) is 2.03. The van der Waals surface area contributed by atoms with Gasteiger partial charge in [0.05, 0.1) is 6.61 Å². The molecule has 1 aromatic carbocycles. The highest BCUT2D eigenvalue weighted by atomic mass is 32.1. The Bertz CT molecular complexity index is 233. The van der Waals surface area contributed by atoms with E-state index < -0.39 is 5.56 Å². The lowest BCUT2D eigenvalue weighted by atomic mass is 10.2. The maximum Gasteiger partial charge on any atom is 0.151 e. The summed E-state index contributed by atoms with van der Waals surface area (Å²) in [4.78, 5) is 0. The van der Waals surface area contributed by atoms with Gasteiger partial charge in [-0.3, -0.25) is 5.73 Å². The standard InChI is InChI=1S/C9H13NOS/c1-7-2-4-8(5-3-7)6-11-9(10)12/h2-5,9,12H,6,10H2,1H3/t9-/m0/s1. The second-order valence-electron chi connectivity index (χ2n) is 2.69. The Hall–Kier alpha value is -0.510. The lowest BCUT2D eigenvalue weighted by Gasteiger charge is -2.06. The van der Waals surface area contributed by atoms with Crippen LogP contribution >= 0.6 is 12.6 Å². The van der Waals surface area contributed by atoms with E-state index in [1.165, 1.54) is 5.56 Å². The van der Waals surface area contributed by atoms with Gasteiger partial charge in [0.1, 0.15) is 0 Å². The van der Waals surface area contributed by atoms with Crippen molar-refractivity contribution in [1.82, 2.24) is 0 Å². The molecule has 0 aliphatic carbocycles. The maximum atomic E-state index is 5.31. The smallest absolute Gasteiger partial charge is 0.151 e. The van der Waals surface area contributed by atoms with E-state index in [4.69, 9.17) is 10.5 Å². The van der Waals surface area contributed by atoms with Crippen molar-refractivity contribution < 1.29 is 4.74 Å². The first-order valence-electron chi connectivity index (χ1n) is 3.79. The van der Waals surface area contributed by atoms with E-state index in [0.717, 1.165) is 5.56 Å². The van der Waals surface area contributed by atoms with Gasteiger partial charge in [0, 0.05) is 0 Å². The molecule has 0 fully saturated rings. The van der Waals surface area contributed by atoms with E-state index in [0.29, 0.717) is 6.61 Å². The SMILES string of the molecule is Cc1ccc(CO[C@H](N)S)cc1. The van der Waals surface area contributed by atoms with E-state index in [1.807, 2.05) is 24.3 Å². The van der Waals surface area contributed by atoms with Crippen molar-refractivity contribution in [3.63, 3.8) is 0 Å². The topological polar surface area (TPSA) is 35.2 Å². The number of nitrogens with two attached hydrogens (primary N) is 1. The highest BCUT2D eigenvalue weighted by Crippen LogP contribution is 2.05. The third-order valence-electron chi connectivity index (χ3n) is 1.54. The van der Waals surface area contributed by atoms with E-state index in [-0.39, 0.29) is 0 Å². The van der Waals surface area contributed by atoms with Gasteiger partial charge in [0.2, 0.25) is 0 Å². The summed E-state index contributed by atoms with van der Waals surface area (Å²) >= 11 is 3.90. The highest BCUT2D eigenvalue weighted by Gasteiger charge is 1.95. The van der Waals surface area contributed by atoms with Crippen molar-refractivity contribution in [2.75, 3.05) is 0 Å². The van der Waals surface area contributed by atoms with Gasteiger partial charge in [-0.1, -0.05) is 29.8 Å². The van der Waals surface area contributed by atoms with Crippen LogP contribution in [0.1, 0.15) is 11.1 Å². The second-order valence-corrected chi connectivity index (χ2v) is 3.20. The van der Waals surface area contributed by atoms with Gasteiger partial charge >= 0.3 is 0 Å². The van der Waals surface area contributed by atoms with E-state index >= 15 is 0 Å². The average molecular weight is 183 g/mol. The van der Waals surface area contributed by atoms with Crippen molar-refractivity contribution in [1.29, 1.82) is 0 Å². The minimum absolute atomic E-state index is 0.494. The maximum absolute atomic E-state index is 5.31. The Balaban J connectivity index is 2.48. The third kappa shape index (κ3) is 3.26. The van der Waals surface area contributed by atoms with Crippen LogP contribution in [0.2, 0.25) is 0 Å². The fraction of sp³-hybridized carbons (Fsp3) is 0.333. The van der Waals surface area contributed by atoms with Gasteiger partial charge in [-0.15, -0.1) is 12.6 Å². The molecular formula is C9H13NOS. The van der Waals surface area contributed by atoms with Crippen molar-refractivity contribution in [3.8, 4) is 0 Å². The van der Waals surface area contributed by atoms with Crippen molar-refractivity contribution in [3.05, 3.63) is 35.4 Å². The zero-order valence-corrected chi connectivity index (χ0v) is 7.92. The van der Waals surface area contributed by atoms with Gasteiger partial charge < -0.3 is 4.74 Å². The summed E-state index contributed by atoms with van der Waals surface area (Å²) in [6, 6.07) is 8.13. The number of ether oxygens (including phenoxy) is 1. The van der Waals surface area contributed by atoms with Crippen LogP contribution in [-0.4, -0.2) is 5.56 Å². The first-order valence-corrected chi connectivity index (χ1v) is 4.31. The van der Waals surface area contributed by atoms with Gasteiger partial charge in [-0.25, -0.2) is 0 Å². The van der Waals surface area contributed by atoms with Gasteiger partial charge in [0.15, 0.2) is 5.56 Å². The van der Waals surface area contributed by atoms with Crippen LogP contribution < -0.4 is 5.73 Å². The number of benzene rings is 1. The first-order chi connectivity index (χ1) is 5.68. The van der Waals surface area contributed by atoms with Crippen molar-refractivity contribution >= 4 is 12.6 Å². The summed E-state index contributed by atoms with van der Waals surface area (Å²) in [7, 11) is 0. The zero-order chi connectivity index (χ0) is 8.97. The number of hydrogen-bond acceptors (Lipinski definition) is 3. The molecule has 0 aliphatic heterocycles. The Kier molecular flexibility index (Phi) is 3.59. The molecule has 0 aromatic heterocycles. The van der Waals surface area contributed by atoms with Crippen LogP contribution in [0.4, 0.5) is 0 Å². The van der Waals surface area contributed by atoms with E-state index in [9.17, 15) is 0 Å². The van der Waals surface area contributed by atoms with Crippen LogP contribution in [0.15, 0.2) is 24.3 Å². The fourth-order valence-corrected chi connectivity index (χ4v) is 0.940. The molecule has 0 spiro atoms. The van der Waals surface area contributed by atoms with E-state index in [2.05, 4.69) is 19.6 Å². The number of aryl methyl sites for hydroxylation is 1. The molecule has 0 bridgehead atoms. The normalized spacial score (nSPS) is 12.9. The summed E-state index contributed by atoms with van der Waals surface area (Å²) in [6.07, 6.45) is 0. The third-order valence-corrected chi connectivity index (χ3v) is 1.69. The molecule has 1 rings (SSSR count). The fourth-order valence-electron chi connectivity index (χ4n) is 0.866. The van der Waals surface area contributed by atoms with Crippen LogP contribution in [-0.2, 0) is 11.3 Å². The van der Waals surface area contributed by atoms with Crippen LogP contribution in [0, 0.1) is 6.92 Å². The summed E-state index contributed by atoms with van der Waals surface area (Å²) in [5, 5.41) is 0. The van der Waals surface area contributed by atoms with Crippen LogP contribution in [0.25, 0.3) is 0 Å². The first kappa shape index (κ1) is 9.58. The Morgan fingerprint density at radius 1 is 1.42 bits per heavy atom. The van der Waals surface area contributed by atoms with Crippen LogP contribution in [0.3, 0.4) is 0 Å². The molecule has 12 heavy (non-hydrogen) atoms. The predicted molar refractivity (Wildman–Crippen MR) is 52.9 cm³/mol. The molecular weight excluding hydrogens is 170 g/mol. The molecule has 0 radical (unpaired) electrons. The summed E-state index contributed by atoms with van der Waals surface area (Å²) in [5.74, 6) is 0. The number of thiol groups is 1. The molecule has 3 heteroatoms. The molecule has 0 heterocycles.